The molecule has 2 amide bonds. The normalized spacial score (nSPS) is 19.0. The lowest BCUT2D eigenvalue weighted by molar-refractivity contribution is -0.123. The summed E-state index contributed by atoms with van der Waals surface area (Å²) in [5, 5.41) is 0. The van der Waals surface area contributed by atoms with Crippen molar-refractivity contribution in [3.63, 3.8) is 0 Å². The SMILES string of the molecule is CC1CCCN(CC(=O)NNC(=O)c2ccccc2Br)C1. The molecule has 6 heteroatoms. The Morgan fingerprint density at radius 1 is 1.33 bits per heavy atom. The van der Waals surface area contributed by atoms with Gasteiger partial charge in [-0.2, -0.15) is 0 Å². The predicted molar refractivity (Wildman–Crippen MR) is 84.6 cm³/mol. The van der Waals surface area contributed by atoms with Crippen molar-refractivity contribution in [3.05, 3.63) is 34.3 Å². The number of carbonyl (C=O) groups is 2. The Morgan fingerprint density at radius 3 is 2.81 bits per heavy atom. The zero-order chi connectivity index (χ0) is 15.2. The van der Waals surface area contributed by atoms with E-state index < -0.39 is 0 Å². The molecule has 21 heavy (non-hydrogen) atoms. The maximum absolute atomic E-state index is 11.9. The van der Waals surface area contributed by atoms with Crippen LogP contribution in [0.15, 0.2) is 28.7 Å². The fourth-order valence-corrected chi connectivity index (χ4v) is 2.98. The smallest absolute Gasteiger partial charge is 0.270 e. The average molecular weight is 354 g/mol. The number of nitrogens with zero attached hydrogens (tertiary/aromatic N) is 1. The van der Waals surface area contributed by atoms with Gasteiger partial charge in [0.1, 0.15) is 0 Å². The lowest BCUT2D eigenvalue weighted by Crippen LogP contribution is -2.48. The van der Waals surface area contributed by atoms with E-state index in [1.54, 1.807) is 18.2 Å². The molecule has 1 aliphatic heterocycles. The van der Waals surface area contributed by atoms with Crippen LogP contribution in [0.5, 0.6) is 0 Å². The van der Waals surface area contributed by atoms with Gasteiger partial charge in [0, 0.05) is 11.0 Å². The number of hydrogen-bond acceptors (Lipinski definition) is 3. The summed E-state index contributed by atoms with van der Waals surface area (Å²) in [4.78, 5) is 25.9. The first-order valence-corrected chi connectivity index (χ1v) is 7.91. The minimum Gasteiger partial charge on any atom is -0.294 e. The zero-order valence-corrected chi connectivity index (χ0v) is 13.6. The van der Waals surface area contributed by atoms with E-state index in [2.05, 4.69) is 38.6 Å². The molecule has 0 spiro atoms. The van der Waals surface area contributed by atoms with Crippen molar-refractivity contribution in [1.29, 1.82) is 0 Å². The fraction of sp³-hybridized carbons (Fsp3) is 0.467. The van der Waals surface area contributed by atoms with Gasteiger partial charge in [0.25, 0.3) is 11.8 Å². The van der Waals surface area contributed by atoms with Crippen molar-refractivity contribution in [2.24, 2.45) is 5.92 Å². The van der Waals surface area contributed by atoms with Crippen molar-refractivity contribution < 1.29 is 9.59 Å². The Morgan fingerprint density at radius 2 is 2.10 bits per heavy atom. The summed E-state index contributed by atoms with van der Waals surface area (Å²) < 4.78 is 0.696. The van der Waals surface area contributed by atoms with Gasteiger partial charge < -0.3 is 0 Å². The molecular formula is C15H20BrN3O2. The summed E-state index contributed by atoms with van der Waals surface area (Å²) in [6, 6.07) is 7.08. The van der Waals surface area contributed by atoms with E-state index in [0.29, 0.717) is 22.5 Å². The number of rotatable bonds is 3. The molecule has 1 saturated heterocycles. The highest BCUT2D eigenvalue weighted by Crippen LogP contribution is 2.15. The lowest BCUT2D eigenvalue weighted by Gasteiger charge is -2.30. The van der Waals surface area contributed by atoms with E-state index in [-0.39, 0.29) is 11.8 Å². The van der Waals surface area contributed by atoms with E-state index >= 15 is 0 Å². The molecule has 114 valence electrons. The summed E-state index contributed by atoms with van der Waals surface area (Å²) in [7, 11) is 0. The van der Waals surface area contributed by atoms with Gasteiger partial charge in [-0.1, -0.05) is 19.1 Å². The second-order valence-corrected chi connectivity index (χ2v) is 6.32. The van der Waals surface area contributed by atoms with Crippen molar-refractivity contribution in [1.82, 2.24) is 15.8 Å². The van der Waals surface area contributed by atoms with Crippen LogP contribution in [0.4, 0.5) is 0 Å². The number of amides is 2. The molecule has 1 aromatic carbocycles. The Balaban J connectivity index is 1.78. The van der Waals surface area contributed by atoms with Crippen LogP contribution in [0.25, 0.3) is 0 Å². The molecule has 2 N–H and O–H groups in total. The van der Waals surface area contributed by atoms with Crippen molar-refractivity contribution in [2.75, 3.05) is 19.6 Å². The molecule has 1 unspecified atom stereocenters. The summed E-state index contributed by atoms with van der Waals surface area (Å²) in [6.45, 7) is 4.39. The molecule has 1 fully saturated rings. The van der Waals surface area contributed by atoms with E-state index in [9.17, 15) is 9.59 Å². The molecule has 0 aromatic heterocycles. The third kappa shape index (κ3) is 4.82. The Bertz CT molecular complexity index is 521. The number of halogens is 1. The molecule has 1 heterocycles. The minimum atomic E-state index is -0.331. The highest BCUT2D eigenvalue weighted by atomic mass is 79.9. The highest BCUT2D eigenvalue weighted by molar-refractivity contribution is 9.10. The van der Waals surface area contributed by atoms with Crippen LogP contribution in [0.3, 0.4) is 0 Å². The molecule has 0 aliphatic carbocycles. The van der Waals surface area contributed by atoms with Crippen LogP contribution in [0, 0.1) is 5.92 Å². The first-order chi connectivity index (χ1) is 10.1. The van der Waals surface area contributed by atoms with Gasteiger partial charge >= 0.3 is 0 Å². The Kier molecular flexibility index (Phi) is 5.76. The molecule has 0 saturated carbocycles. The van der Waals surface area contributed by atoms with Crippen LogP contribution in [-0.4, -0.2) is 36.3 Å². The third-order valence-electron chi connectivity index (χ3n) is 3.54. The summed E-state index contributed by atoms with van der Waals surface area (Å²) >= 11 is 3.31. The maximum Gasteiger partial charge on any atom is 0.270 e. The largest absolute Gasteiger partial charge is 0.294 e. The maximum atomic E-state index is 11.9. The fourth-order valence-electron chi connectivity index (χ4n) is 2.51. The third-order valence-corrected chi connectivity index (χ3v) is 4.23. The number of benzene rings is 1. The van der Waals surface area contributed by atoms with E-state index in [1.807, 2.05) is 6.07 Å². The first kappa shape index (κ1) is 16.0. The highest BCUT2D eigenvalue weighted by Gasteiger charge is 2.18. The van der Waals surface area contributed by atoms with E-state index in [4.69, 9.17) is 0 Å². The molecule has 1 aromatic rings. The molecule has 1 atom stereocenters. The molecule has 0 radical (unpaired) electrons. The quantitative estimate of drug-likeness (QED) is 0.816. The number of piperidine rings is 1. The van der Waals surface area contributed by atoms with Gasteiger partial charge in [0.2, 0.25) is 0 Å². The average Bonchev–Trinajstić information content (AvgIpc) is 2.45. The predicted octanol–water partition coefficient (Wildman–Crippen LogP) is 1.94. The van der Waals surface area contributed by atoms with Gasteiger partial charge in [0.15, 0.2) is 0 Å². The van der Waals surface area contributed by atoms with Crippen LogP contribution in [0.2, 0.25) is 0 Å². The number of nitrogens with one attached hydrogen (secondary N) is 2. The number of hydrazine groups is 1. The number of carbonyl (C=O) groups excluding carboxylic acids is 2. The van der Waals surface area contributed by atoms with E-state index in [0.717, 1.165) is 19.5 Å². The second kappa shape index (κ2) is 7.56. The van der Waals surface area contributed by atoms with Gasteiger partial charge in [-0.25, -0.2) is 0 Å². The molecule has 2 rings (SSSR count). The monoisotopic (exact) mass is 353 g/mol. The zero-order valence-electron chi connectivity index (χ0n) is 12.1. The Hall–Kier alpha value is -1.40. The summed E-state index contributed by atoms with van der Waals surface area (Å²) in [5.41, 5.74) is 5.40. The summed E-state index contributed by atoms with van der Waals surface area (Å²) in [5.74, 6) is 0.105. The van der Waals surface area contributed by atoms with Crippen LogP contribution in [-0.2, 0) is 4.79 Å². The standard InChI is InChI=1S/C15H20BrN3O2/c1-11-5-4-8-19(9-11)10-14(20)17-18-15(21)12-6-2-3-7-13(12)16/h2-3,6-7,11H,4-5,8-10H2,1H3,(H,17,20)(H,18,21). The molecular weight excluding hydrogens is 334 g/mol. The number of hydrogen-bond donors (Lipinski definition) is 2. The van der Waals surface area contributed by atoms with Gasteiger partial charge in [-0.3, -0.25) is 25.3 Å². The van der Waals surface area contributed by atoms with E-state index in [1.165, 1.54) is 6.42 Å². The van der Waals surface area contributed by atoms with Gasteiger partial charge in [-0.05, 0) is 53.4 Å². The summed E-state index contributed by atoms with van der Waals surface area (Å²) in [6.07, 6.45) is 2.34. The Labute approximate surface area is 133 Å². The topological polar surface area (TPSA) is 61.4 Å². The van der Waals surface area contributed by atoms with Crippen LogP contribution < -0.4 is 10.9 Å². The molecule has 1 aliphatic rings. The van der Waals surface area contributed by atoms with Crippen LogP contribution >= 0.6 is 15.9 Å². The molecule has 5 nitrogen and oxygen atoms in total. The first-order valence-electron chi connectivity index (χ1n) is 7.12. The van der Waals surface area contributed by atoms with Crippen molar-refractivity contribution in [2.45, 2.75) is 19.8 Å². The lowest BCUT2D eigenvalue weighted by atomic mass is 10.0. The van der Waals surface area contributed by atoms with Gasteiger partial charge in [-0.15, -0.1) is 0 Å². The number of likely N-dealkylation sites (tertiary alicyclic amines) is 1. The minimum absolute atomic E-state index is 0.190. The van der Waals surface area contributed by atoms with Gasteiger partial charge in [0.05, 0.1) is 12.1 Å². The van der Waals surface area contributed by atoms with Crippen LogP contribution in [0.1, 0.15) is 30.1 Å². The molecule has 0 bridgehead atoms. The second-order valence-electron chi connectivity index (χ2n) is 5.46. The van der Waals surface area contributed by atoms with Crippen molar-refractivity contribution >= 4 is 27.7 Å². The van der Waals surface area contributed by atoms with Crippen molar-refractivity contribution in [3.8, 4) is 0 Å².